The lowest BCUT2D eigenvalue weighted by Crippen LogP contribution is -2.51. The van der Waals surface area contributed by atoms with Gasteiger partial charge < -0.3 is 9.80 Å². The molecule has 1 amide bonds. The molecule has 2 aliphatic rings. The van der Waals surface area contributed by atoms with E-state index in [1.54, 1.807) is 12.1 Å². The summed E-state index contributed by atoms with van der Waals surface area (Å²) in [4.78, 5) is 16.5. The van der Waals surface area contributed by atoms with Gasteiger partial charge in [-0.05, 0) is 48.1 Å². The van der Waals surface area contributed by atoms with Gasteiger partial charge in [-0.25, -0.2) is 0 Å². The number of anilines is 1. The Kier molecular flexibility index (Phi) is 4.58. The monoisotopic (exact) mass is 374 g/mol. The number of carbonyl (C=O) groups is 1. The maximum atomic E-state index is 12.7. The van der Waals surface area contributed by atoms with Gasteiger partial charge in [0.05, 0.1) is 12.1 Å². The molecule has 1 saturated heterocycles. The Labute approximate surface area is 156 Å². The van der Waals surface area contributed by atoms with Crippen molar-refractivity contribution in [3.63, 3.8) is 0 Å². The predicted molar refractivity (Wildman–Crippen MR) is 97.5 cm³/mol. The molecular formula is C21H21F3N2O. The molecule has 4 rings (SSSR count). The summed E-state index contributed by atoms with van der Waals surface area (Å²) in [5.74, 6) is 0.712. The molecule has 1 saturated carbocycles. The van der Waals surface area contributed by atoms with Gasteiger partial charge in [-0.2, -0.15) is 13.2 Å². The van der Waals surface area contributed by atoms with Gasteiger partial charge in [-0.15, -0.1) is 0 Å². The molecule has 0 bridgehead atoms. The molecular weight excluding hydrogens is 353 g/mol. The molecule has 0 radical (unpaired) electrons. The SMILES string of the molecule is O=C1CN(c2ccccc2)CCN1C[C@@H]1CC1c1ccc(C(F)(F)F)cc1. The lowest BCUT2D eigenvalue weighted by Gasteiger charge is -2.35. The van der Waals surface area contributed by atoms with E-state index in [-0.39, 0.29) is 11.8 Å². The van der Waals surface area contributed by atoms with Crippen molar-refractivity contribution < 1.29 is 18.0 Å². The second-order valence-electron chi connectivity index (χ2n) is 7.32. The van der Waals surface area contributed by atoms with Crippen molar-refractivity contribution in [1.29, 1.82) is 0 Å². The van der Waals surface area contributed by atoms with Crippen LogP contribution in [-0.4, -0.2) is 37.0 Å². The van der Waals surface area contributed by atoms with E-state index in [1.807, 2.05) is 35.2 Å². The number of piperazine rings is 1. The molecule has 2 aromatic carbocycles. The third-order valence-corrected chi connectivity index (χ3v) is 5.48. The molecule has 3 nitrogen and oxygen atoms in total. The molecule has 1 aliphatic carbocycles. The van der Waals surface area contributed by atoms with Crippen LogP contribution in [0.1, 0.15) is 23.5 Å². The molecule has 0 N–H and O–H groups in total. The lowest BCUT2D eigenvalue weighted by atomic mass is 10.1. The first-order chi connectivity index (χ1) is 12.9. The number of benzene rings is 2. The Morgan fingerprint density at radius 3 is 2.30 bits per heavy atom. The zero-order valence-electron chi connectivity index (χ0n) is 14.8. The fourth-order valence-electron chi connectivity index (χ4n) is 3.82. The topological polar surface area (TPSA) is 23.6 Å². The molecule has 1 unspecified atom stereocenters. The Morgan fingerprint density at radius 1 is 0.963 bits per heavy atom. The number of para-hydroxylation sites is 1. The first kappa shape index (κ1) is 17.9. The Balaban J connectivity index is 1.32. The number of hydrogen-bond donors (Lipinski definition) is 0. The van der Waals surface area contributed by atoms with E-state index < -0.39 is 11.7 Å². The summed E-state index contributed by atoms with van der Waals surface area (Å²) in [5, 5.41) is 0. The summed E-state index contributed by atoms with van der Waals surface area (Å²) in [6.45, 7) is 2.55. The third kappa shape index (κ3) is 3.94. The molecule has 6 heteroatoms. The Hall–Kier alpha value is -2.50. The van der Waals surface area contributed by atoms with E-state index in [0.717, 1.165) is 36.3 Å². The maximum Gasteiger partial charge on any atom is 0.416 e. The summed E-state index contributed by atoms with van der Waals surface area (Å²) in [7, 11) is 0. The summed E-state index contributed by atoms with van der Waals surface area (Å²) in [5.41, 5.74) is 1.37. The van der Waals surface area contributed by atoms with E-state index in [1.165, 1.54) is 0 Å². The highest BCUT2D eigenvalue weighted by Crippen LogP contribution is 2.48. The molecule has 1 heterocycles. The van der Waals surface area contributed by atoms with Crippen LogP contribution in [0.4, 0.5) is 18.9 Å². The molecule has 27 heavy (non-hydrogen) atoms. The van der Waals surface area contributed by atoms with Crippen molar-refractivity contribution in [2.24, 2.45) is 5.92 Å². The number of halogens is 3. The van der Waals surface area contributed by atoms with Gasteiger partial charge in [0, 0.05) is 25.3 Å². The largest absolute Gasteiger partial charge is 0.416 e. The van der Waals surface area contributed by atoms with Crippen LogP contribution in [0.15, 0.2) is 54.6 Å². The van der Waals surface area contributed by atoms with Crippen LogP contribution in [0.2, 0.25) is 0 Å². The van der Waals surface area contributed by atoms with Crippen molar-refractivity contribution in [1.82, 2.24) is 4.90 Å². The van der Waals surface area contributed by atoms with Crippen LogP contribution < -0.4 is 4.90 Å². The summed E-state index contributed by atoms with van der Waals surface area (Å²) >= 11 is 0. The van der Waals surface area contributed by atoms with Crippen molar-refractivity contribution >= 4 is 11.6 Å². The van der Waals surface area contributed by atoms with E-state index in [4.69, 9.17) is 0 Å². The summed E-state index contributed by atoms with van der Waals surface area (Å²) < 4.78 is 38.0. The quantitative estimate of drug-likeness (QED) is 0.802. The number of carbonyl (C=O) groups excluding carboxylic acids is 1. The van der Waals surface area contributed by atoms with Crippen LogP contribution in [0.5, 0.6) is 0 Å². The maximum absolute atomic E-state index is 12.7. The fourth-order valence-corrected chi connectivity index (χ4v) is 3.82. The predicted octanol–water partition coefficient (Wildman–Crippen LogP) is 4.16. The second-order valence-corrected chi connectivity index (χ2v) is 7.32. The van der Waals surface area contributed by atoms with Crippen molar-refractivity contribution in [3.05, 3.63) is 65.7 Å². The van der Waals surface area contributed by atoms with Crippen molar-refractivity contribution in [2.75, 3.05) is 31.1 Å². The highest BCUT2D eigenvalue weighted by molar-refractivity contribution is 5.82. The Bertz CT molecular complexity index is 804. The van der Waals surface area contributed by atoms with Gasteiger partial charge in [-0.3, -0.25) is 4.79 Å². The summed E-state index contributed by atoms with van der Waals surface area (Å²) in [6, 6.07) is 15.3. The first-order valence-corrected chi connectivity index (χ1v) is 9.17. The van der Waals surface area contributed by atoms with Gasteiger partial charge in [-0.1, -0.05) is 30.3 Å². The zero-order valence-corrected chi connectivity index (χ0v) is 14.8. The van der Waals surface area contributed by atoms with E-state index in [2.05, 4.69) is 4.90 Å². The highest BCUT2D eigenvalue weighted by Gasteiger charge is 2.41. The van der Waals surface area contributed by atoms with Crippen LogP contribution in [0, 0.1) is 5.92 Å². The average Bonchev–Trinajstić information content (AvgIpc) is 3.43. The number of alkyl halides is 3. The minimum atomic E-state index is -4.30. The van der Waals surface area contributed by atoms with Crippen LogP contribution in [-0.2, 0) is 11.0 Å². The van der Waals surface area contributed by atoms with Gasteiger partial charge in [0.25, 0.3) is 0 Å². The number of nitrogens with zero attached hydrogens (tertiary/aromatic N) is 2. The Morgan fingerprint density at radius 2 is 1.67 bits per heavy atom. The molecule has 0 spiro atoms. The summed E-state index contributed by atoms with van der Waals surface area (Å²) in [6.07, 6.45) is -3.37. The minimum absolute atomic E-state index is 0.114. The standard InChI is InChI=1S/C21H21F3N2O/c22-21(23,24)17-8-6-15(7-9-17)19-12-16(19)13-26-11-10-25(14-20(26)27)18-4-2-1-3-5-18/h1-9,16,19H,10-14H2/t16-,19?/m0/s1. The second kappa shape index (κ2) is 6.91. The first-order valence-electron chi connectivity index (χ1n) is 9.17. The molecule has 1 aliphatic heterocycles. The third-order valence-electron chi connectivity index (χ3n) is 5.48. The van der Waals surface area contributed by atoms with Crippen LogP contribution >= 0.6 is 0 Å². The zero-order chi connectivity index (χ0) is 19.0. The minimum Gasteiger partial charge on any atom is -0.360 e. The van der Waals surface area contributed by atoms with Gasteiger partial charge in [0.15, 0.2) is 0 Å². The normalized spacial score (nSPS) is 22.9. The highest BCUT2D eigenvalue weighted by atomic mass is 19.4. The number of hydrogen-bond acceptors (Lipinski definition) is 2. The molecule has 2 aromatic rings. The van der Waals surface area contributed by atoms with Crippen molar-refractivity contribution in [2.45, 2.75) is 18.5 Å². The van der Waals surface area contributed by atoms with Gasteiger partial charge in [0.2, 0.25) is 5.91 Å². The lowest BCUT2D eigenvalue weighted by molar-refractivity contribution is -0.137. The number of amides is 1. The van der Waals surface area contributed by atoms with Crippen molar-refractivity contribution in [3.8, 4) is 0 Å². The van der Waals surface area contributed by atoms with Gasteiger partial charge >= 0.3 is 6.18 Å². The van der Waals surface area contributed by atoms with Crippen LogP contribution in [0.3, 0.4) is 0 Å². The van der Waals surface area contributed by atoms with Crippen LogP contribution in [0.25, 0.3) is 0 Å². The average molecular weight is 374 g/mol. The fraction of sp³-hybridized carbons (Fsp3) is 0.381. The van der Waals surface area contributed by atoms with E-state index in [0.29, 0.717) is 25.6 Å². The van der Waals surface area contributed by atoms with E-state index >= 15 is 0 Å². The number of rotatable bonds is 4. The van der Waals surface area contributed by atoms with Gasteiger partial charge in [0.1, 0.15) is 0 Å². The smallest absolute Gasteiger partial charge is 0.360 e. The van der Waals surface area contributed by atoms with E-state index in [9.17, 15) is 18.0 Å². The molecule has 2 fully saturated rings. The molecule has 142 valence electrons. The molecule has 0 aromatic heterocycles. The molecule has 2 atom stereocenters.